The smallest absolute Gasteiger partial charge is 0.249 e. The zero-order chi connectivity index (χ0) is 8.48. The van der Waals surface area contributed by atoms with Crippen LogP contribution in [0.4, 0.5) is 0 Å². The molecule has 5 nitrogen and oxygen atoms in total. The van der Waals surface area contributed by atoms with Crippen molar-refractivity contribution in [2.45, 2.75) is 4.21 Å². The summed E-state index contributed by atoms with van der Waals surface area (Å²) < 4.78 is 29.6. The van der Waals surface area contributed by atoms with Gasteiger partial charge in [0.15, 0.2) is 4.21 Å². The summed E-state index contributed by atoms with van der Waals surface area (Å²) in [4.78, 5) is 0. The van der Waals surface area contributed by atoms with Gasteiger partial charge in [-0.05, 0) is 11.5 Å². The molecule has 0 aliphatic rings. The first-order valence-electron chi connectivity index (χ1n) is 2.57. The van der Waals surface area contributed by atoms with Gasteiger partial charge in [0.1, 0.15) is 0 Å². The summed E-state index contributed by atoms with van der Waals surface area (Å²) in [5.74, 6) is 0.263. The van der Waals surface area contributed by atoms with Crippen molar-refractivity contribution in [2.75, 3.05) is 7.11 Å². The largest absolute Gasteiger partial charge is 0.480 e. The number of hydrogen-bond acceptors (Lipinski definition) is 5. The summed E-state index contributed by atoms with van der Waals surface area (Å²) >= 11 is 0.793. The highest BCUT2D eigenvalue weighted by Crippen LogP contribution is 2.19. The molecule has 0 radical (unpaired) electrons. The lowest BCUT2D eigenvalue weighted by Crippen LogP contribution is -2.09. The van der Waals surface area contributed by atoms with Gasteiger partial charge in [0.25, 0.3) is 0 Å². The molecule has 0 fully saturated rings. The highest BCUT2D eigenvalue weighted by molar-refractivity contribution is 7.91. The number of methoxy groups -OCH3 is 1. The van der Waals surface area contributed by atoms with E-state index in [1.165, 1.54) is 13.2 Å². The van der Waals surface area contributed by atoms with Gasteiger partial charge in [0.2, 0.25) is 15.9 Å². The monoisotopic (exact) mass is 194 g/mol. The lowest BCUT2D eigenvalue weighted by atomic mass is 10.7. The molecule has 11 heavy (non-hydrogen) atoms. The van der Waals surface area contributed by atoms with E-state index in [4.69, 9.17) is 5.14 Å². The second-order valence-electron chi connectivity index (χ2n) is 1.73. The van der Waals surface area contributed by atoms with Crippen molar-refractivity contribution in [1.29, 1.82) is 0 Å². The van der Waals surface area contributed by atoms with Crippen LogP contribution in [0.1, 0.15) is 0 Å². The van der Waals surface area contributed by atoms with Crippen molar-refractivity contribution in [2.24, 2.45) is 5.14 Å². The zero-order valence-electron chi connectivity index (χ0n) is 5.64. The van der Waals surface area contributed by atoms with Crippen molar-refractivity contribution in [3.8, 4) is 5.88 Å². The Kier molecular flexibility index (Phi) is 2.12. The van der Waals surface area contributed by atoms with Crippen molar-refractivity contribution < 1.29 is 13.2 Å². The van der Waals surface area contributed by atoms with Crippen LogP contribution in [0.2, 0.25) is 0 Å². The molecule has 0 saturated heterocycles. The first-order valence-corrected chi connectivity index (χ1v) is 4.89. The Bertz CT molecular complexity index is 342. The van der Waals surface area contributed by atoms with Gasteiger partial charge < -0.3 is 4.74 Å². The number of hydrogen-bond donors (Lipinski definition) is 1. The van der Waals surface area contributed by atoms with Crippen LogP contribution in [-0.4, -0.2) is 19.9 Å². The molecule has 2 N–H and O–H groups in total. The van der Waals surface area contributed by atoms with E-state index in [-0.39, 0.29) is 10.1 Å². The standard InChI is InChI=1S/C4H6N2O3S2/c1-9-3-2-4(10-6-3)11(5,7)8/h2H,1H3,(H2,5,7,8). The molecule has 1 aromatic rings. The Morgan fingerprint density at radius 2 is 2.36 bits per heavy atom. The molecule has 0 saturated carbocycles. The van der Waals surface area contributed by atoms with Crippen LogP contribution in [0.5, 0.6) is 5.88 Å². The molecule has 1 rings (SSSR count). The van der Waals surface area contributed by atoms with Crippen LogP contribution < -0.4 is 9.88 Å². The molecular weight excluding hydrogens is 188 g/mol. The maximum absolute atomic E-state index is 10.7. The predicted molar refractivity (Wildman–Crippen MR) is 40.0 cm³/mol. The SMILES string of the molecule is COc1cc(S(N)(=O)=O)sn1. The molecule has 0 unspecified atom stereocenters. The van der Waals surface area contributed by atoms with Crippen molar-refractivity contribution in [3.05, 3.63) is 6.07 Å². The van der Waals surface area contributed by atoms with Gasteiger partial charge in [-0.2, -0.15) is 4.37 Å². The number of primary sulfonamides is 1. The topological polar surface area (TPSA) is 82.3 Å². The summed E-state index contributed by atoms with van der Waals surface area (Å²) in [5.41, 5.74) is 0. The molecule has 0 amide bonds. The van der Waals surface area contributed by atoms with Gasteiger partial charge in [-0.1, -0.05) is 0 Å². The average molecular weight is 194 g/mol. The summed E-state index contributed by atoms with van der Waals surface area (Å²) in [7, 11) is -2.21. The Hall–Kier alpha value is -0.660. The van der Waals surface area contributed by atoms with E-state index in [2.05, 4.69) is 9.11 Å². The molecule has 0 aliphatic heterocycles. The van der Waals surface area contributed by atoms with E-state index in [9.17, 15) is 8.42 Å². The van der Waals surface area contributed by atoms with E-state index in [0.29, 0.717) is 0 Å². The Morgan fingerprint density at radius 1 is 1.73 bits per heavy atom. The fraction of sp³-hybridized carbons (Fsp3) is 0.250. The number of aromatic nitrogens is 1. The van der Waals surface area contributed by atoms with Crippen LogP contribution in [0.3, 0.4) is 0 Å². The minimum absolute atomic E-state index is 0.00866. The van der Waals surface area contributed by atoms with Gasteiger partial charge >= 0.3 is 0 Å². The lowest BCUT2D eigenvalue weighted by Gasteiger charge is -1.87. The third-order valence-electron chi connectivity index (χ3n) is 0.956. The molecule has 62 valence electrons. The summed E-state index contributed by atoms with van der Waals surface area (Å²) in [6, 6.07) is 1.28. The molecule has 0 bridgehead atoms. The summed E-state index contributed by atoms with van der Waals surface area (Å²) in [6.07, 6.45) is 0. The van der Waals surface area contributed by atoms with Crippen molar-refractivity contribution >= 4 is 21.6 Å². The quantitative estimate of drug-likeness (QED) is 0.706. The summed E-state index contributed by atoms with van der Waals surface area (Å²) in [5, 5.41) is 4.81. The Labute approximate surface area is 68.0 Å². The maximum atomic E-state index is 10.7. The van der Waals surface area contributed by atoms with Gasteiger partial charge in [0, 0.05) is 6.07 Å². The van der Waals surface area contributed by atoms with Crippen LogP contribution in [-0.2, 0) is 10.0 Å². The van der Waals surface area contributed by atoms with Crippen LogP contribution in [0.25, 0.3) is 0 Å². The molecule has 0 aliphatic carbocycles. The Balaban J connectivity index is 3.09. The van der Waals surface area contributed by atoms with Crippen LogP contribution in [0, 0.1) is 0 Å². The fourth-order valence-electron chi connectivity index (χ4n) is 0.474. The second kappa shape index (κ2) is 2.76. The normalized spacial score (nSPS) is 11.5. The first kappa shape index (κ1) is 8.44. The number of nitrogens with two attached hydrogens (primary N) is 1. The number of sulfonamides is 1. The maximum Gasteiger partial charge on any atom is 0.249 e. The minimum Gasteiger partial charge on any atom is -0.480 e. The highest BCUT2D eigenvalue weighted by Gasteiger charge is 2.12. The fourth-order valence-corrected chi connectivity index (χ4v) is 1.73. The number of rotatable bonds is 2. The molecule has 1 heterocycles. The molecule has 1 aromatic heterocycles. The molecule has 0 aromatic carbocycles. The number of nitrogens with zero attached hydrogens (tertiary/aromatic N) is 1. The third kappa shape index (κ3) is 1.88. The van der Waals surface area contributed by atoms with E-state index in [1.807, 2.05) is 0 Å². The van der Waals surface area contributed by atoms with Gasteiger partial charge in [-0.25, -0.2) is 13.6 Å². The Morgan fingerprint density at radius 3 is 2.64 bits per heavy atom. The first-order chi connectivity index (χ1) is 5.04. The van der Waals surface area contributed by atoms with E-state index < -0.39 is 10.0 Å². The van der Waals surface area contributed by atoms with Gasteiger partial charge in [-0.3, -0.25) is 0 Å². The van der Waals surface area contributed by atoms with Crippen molar-refractivity contribution in [3.63, 3.8) is 0 Å². The highest BCUT2D eigenvalue weighted by atomic mass is 32.2. The predicted octanol–water partition coefficient (Wildman–Crippen LogP) is -0.201. The molecule has 0 spiro atoms. The zero-order valence-corrected chi connectivity index (χ0v) is 7.28. The van der Waals surface area contributed by atoms with E-state index >= 15 is 0 Å². The number of ether oxygens (including phenoxy) is 1. The molecular formula is C4H6N2O3S2. The van der Waals surface area contributed by atoms with E-state index in [1.54, 1.807) is 0 Å². The van der Waals surface area contributed by atoms with Crippen LogP contribution in [0.15, 0.2) is 10.3 Å². The average Bonchev–Trinajstić information content (AvgIpc) is 2.32. The molecule has 7 heteroatoms. The minimum atomic E-state index is -3.62. The van der Waals surface area contributed by atoms with E-state index in [0.717, 1.165) is 11.5 Å². The lowest BCUT2D eigenvalue weighted by molar-refractivity contribution is 0.402. The molecule has 0 atom stereocenters. The third-order valence-corrected chi connectivity index (χ3v) is 3.12. The van der Waals surface area contributed by atoms with Crippen LogP contribution >= 0.6 is 11.5 Å². The second-order valence-corrected chi connectivity index (χ2v) is 4.33. The van der Waals surface area contributed by atoms with Gasteiger partial charge in [0.05, 0.1) is 7.11 Å². The van der Waals surface area contributed by atoms with Crippen molar-refractivity contribution in [1.82, 2.24) is 4.37 Å². The summed E-state index contributed by atoms with van der Waals surface area (Å²) in [6.45, 7) is 0. The van der Waals surface area contributed by atoms with Gasteiger partial charge in [-0.15, -0.1) is 0 Å².